The average molecular weight is 627 g/mol. The lowest BCUT2D eigenvalue weighted by molar-refractivity contribution is 0.0829. The molecule has 1 aliphatic carbocycles. The van der Waals surface area contributed by atoms with Crippen LogP contribution >= 0.6 is 0 Å². The average Bonchev–Trinajstić information content (AvgIpc) is 3.33. The van der Waals surface area contributed by atoms with Gasteiger partial charge in [0, 0.05) is 59.1 Å². The molecule has 0 fully saturated rings. The van der Waals surface area contributed by atoms with Gasteiger partial charge in [-0.1, -0.05) is 60.7 Å². The molecule has 10 heteroatoms. The van der Waals surface area contributed by atoms with Crippen molar-refractivity contribution in [1.29, 1.82) is 0 Å². The Labute approximate surface area is 270 Å². The molecular weight excluding hydrogens is 596 g/mol. The molecule has 0 aliphatic heterocycles. The number of pyridine rings is 2. The van der Waals surface area contributed by atoms with E-state index in [2.05, 4.69) is 20.6 Å². The number of nitrogens with zero attached hydrogens (tertiary/aromatic N) is 2. The van der Waals surface area contributed by atoms with Crippen LogP contribution in [0.5, 0.6) is 0 Å². The summed E-state index contributed by atoms with van der Waals surface area (Å²) in [4.78, 5) is 61.5. The highest BCUT2D eigenvalue weighted by molar-refractivity contribution is 6.35. The van der Waals surface area contributed by atoms with Crippen molar-refractivity contribution in [3.63, 3.8) is 0 Å². The van der Waals surface area contributed by atoms with Crippen molar-refractivity contribution < 1.29 is 28.7 Å². The number of fused-ring (bicyclic) bond motifs is 1. The van der Waals surface area contributed by atoms with Gasteiger partial charge in [0.15, 0.2) is 11.6 Å². The Kier molecular flexibility index (Phi) is 9.10. The van der Waals surface area contributed by atoms with Crippen molar-refractivity contribution in [3.8, 4) is 0 Å². The lowest BCUT2D eigenvalue weighted by Gasteiger charge is -2.27. The van der Waals surface area contributed by atoms with E-state index < -0.39 is 17.6 Å². The Balaban J connectivity index is 1.17. The van der Waals surface area contributed by atoms with Crippen LogP contribution in [0.3, 0.4) is 0 Å². The molecule has 3 aromatic carbocycles. The third kappa shape index (κ3) is 6.62. The van der Waals surface area contributed by atoms with Gasteiger partial charge in [-0.2, -0.15) is 0 Å². The number of rotatable bonds is 10. The van der Waals surface area contributed by atoms with Crippen LogP contribution < -0.4 is 10.6 Å². The number of hydrogen-bond donors (Lipinski definition) is 2. The Bertz CT molecular complexity index is 1760. The van der Waals surface area contributed by atoms with Crippen LogP contribution in [0.1, 0.15) is 43.2 Å². The first-order valence-corrected chi connectivity index (χ1v) is 15.0. The number of nitrogens with one attached hydrogen (secondary N) is 2. The highest BCUT2D eigenvalue weighted by atomic mass is 16.6. The summed E-state index contributed by atoms with van der Waals surface area (Å²) >= 11 is 0. The first-order chi connectivity index (χ1) is 22.9. The number of anilines is 2. The smallest absolute Gasteiger partial charge is 0.411 e. The molecule has 47 heavy (non-hydrogen) atoms. The maximum absolute atomic E-state index is 14.1. The summed E-state index contributed by atoms with van der Waals surface area (Å²) < 4.78 is 10.6. The number of benzene rings is 3. The molecule has 234 valence electrons. The van der Waals surface area contributed by atoms with Crippen LogP contribution in [0.25, 0.3) is 0 Å². The summed E-state index contributed by atoms with van der Waals surface area (Å²) in [6.07, 6.45) is 3.03. The van der Waals surface area contributed by atoms with Gasteiger partial charge in [-0.15, -0.1) is 0 Å². The molecule has 2 amide bonds. The maximum atomic E-state index is 14.1. The van der Waals surface area contributed by atoms with Crippen LogP contribution in [0.4, 0.5) is 21.0 Å². The number of hydrogen-bond acceptors (Lipinski definition) is 8. The summed E-state index contributed by atoms with van der Waals surface area (Å²) in [6, 6.07) is 30.9. The maximum Gasteiger partial charge on any atom is 0.411 e. The van der Waals surface area contributed by atoms with Gasteiger partial charge >= 0.3 is 12.2 Å². The summed E-state index contributed by atoms with van der Waals surface area (Å²) in [7, 11) is 0. The third-order valence-electron chi connectivity index (χ3n) is 7.86. The van der Waals surface area contributed by atoms with E-state index in [-0.39, 0.29) is 24.8 Å². The monoisotopic (exact) mass is 626 g/mol. The molecule has 0 atom stereocenters. The van der Waals surface area contributed by atoms with Crippen molar-refractivity contribution >= 4 is 35.1 Å². The fourth-order valence-corrected chi connectivity index (χ4v) is 5.58. The molecule has 0 unspecified atom stereocenters. The Morgan fingerprint density at radius 2 is 0.957 bits per heavy atom. The van der Waals surface area contributed by atoms with E-state index in [1.807, 2.05) is 36.4 Å². The van der Waals surface area contributed by atoms with Gasteiger partial charge in [0.25, 0.3) is 0 Å². The van der Waals surface area contributed by atoms with E-state index in [1.54, 1.807) is 85.2 Å². The molecule has 2 aromatic heterocycles. The lowest BCUT2D eigenvalue weighted by atomic mass is 9.70. The van der Waals surface area contributed by atoms with Crippen LogP contribution in [-0.2, 0) is 27.7 Å². The summed E-state index contributed by atoms with van der Waals surface area (Å²) in [5.74, 6) is -0.718. The van der Waals surface area contributed by atoms with Gasteiger partial charge in [0.2, 0.25) is 0 Å². The molecule has 0 bridgehead atoms. The molecule has 0 saturated heterocycles. The van der Waals surface area contributed by atoms with Gasteiger partial charge in [-0.25, -0.2) is 9.59 Å². The van der Waals surface area contributed by atoms with Gasteiger partial charge in [0.05, 0.1) is 13.2 Å². The number of ether oxygens (including phenoxy) is 2. The van der Waals surface area contributed by atoms with Crippen LogP contribution in [0.2, 0.25) is 0 Å². The molecule has 0 saturated carbocycles. The van der Waals surface area contributed by atoms with Gasteiger partial charge in [0.1, 0.15) is 5.41 Å². The normalized spacial score (nSPS) is 13.0. The number of carbonyl (C=O) groups is 4. The van der Waals surface area contributed by atoms with Gasteiger partial charge in [-0.05, 0) is 59.7 Å². The number of aromatic nitrogens is 2. The zero-order valence-corrected chi connectivity index (χ0v) is 25.2. The Morgan fingerprint density at radius 1 is 0.553 bits per heavy atom. The molecule has 0 spiro atoms. The van der Waals surface area contributed by atoms with Crippen molar-refractivity contribution in [2.45, 2.75) is 18.3 Å². The minimum Gasteiger partial charge on any atom is -0.449 e. The van der Waals surface area contributed by atoms with E-state index in [0.29, 0.717) is 46.5 Å². The van der Waals surface area contributed by atoms with Gasteiger partial charge < -0.3 is 9.47 Å². The topological polar surface area (TPSA) is 137 Å². The number of amides is 2. The third-order valence-corrected chi connectivity index (χ3v) is 7.86. The van der Waals surface area contributed by atoms with Crippen LogP contribution in [0.15, 0.2) is 122 Å². The predicted octanol–water partition coefficient (Wildman–Crippen LogP) is 6.42. The lowest BCUT2D eigenvalue weighted by Crippen LogP contribution is -2.39. The molecular formula is C37H30N4O6. The number of carbonyl (C=O) groups excluding carboxylic acids is 4. The van der Waals surface area contributed by atoms with Crippen molar-refractivity contribution in [2.75, 3.05) is 23.8 Å². The first-order valence-electron chi connectivity index (χ1n) is 15.0. The molecule has 5 aromatic rings. The molecule has 2 heterocycles. The Morgan fingerprint density at radius 3 is 1.34 bits per heavy atom. The van der Waals surface area contributed by atoms with Crippen LogP contribution in [0, 0.1) is 0 Å². The van der Waals surface area contributed by atoms with Crippen LogP contribution in [-0.4, -0.2) is 46.9 Å². The molecule has 2 N–H and O–H groups in total. The van der Waals surface area contributed by atoms with E-state index >= 15 is 0 Å². The predicted molar refractivity (Wildman–Crippen MR) is 175 cm³/mol. The van der Waals surface area contributed by atoms with Crippen molar-refractivity contribution in [3.05, 3.63) is 155 Å². The summed E-state index contributed by atoms with van der Waals surface area (Å²) in [5, 5.41) is 5.36. The van der Waals surface area contributed by atoms with Gasteiger partial charge in [-0.3, -0.25) is 30.2 Å². The standard InChI is InChI=1S/C37H30N4O6/c42-33-31-9-1-2-10-32(31)34(43)37(33,25-11-15-29(16-12-25)40-35(44)46-23-19-27-7-3-5-21-38-27)26-13-17-30(18-14-26)41-36(45)47-24-20-28-8-4-6-22-39-28/h1-18,21-22H,19-20,23-24H2,(H,40,44)(H,41,45). The fraction of sp³-hybridized carbons (Fsp3) is 0.135. The Hall–Kier alpha value is -6.16. The summed E-state index contributed by atoms with van der Waals surface area (Å²) in [5.41, 5.74) is 2.35. The molecule has 1 aliphatic rings. The quantitative estimate of drug-likeness (QED) is 0.169. The highest BCUT2D eigenvalue weighted by Crippen LogP contribution is 2.45. The number of Topliss-reactive ketones (excluding diaryl/α,β-unsaturated/α-hetero) is 2. The fourth-order valence-electron chi connectivity index (χ4n) is 5.58. The molecule has 0 radical (unpaired) electrons. The summed E-state index contributed by atoms with van der Waals surface area (Å²) in [6.45, 7) is 0.304. The van der Waals surface area contributed by atoms with Crippen molar-refractivity contribution in [1.82, 2.24) is 9.97 Å². The van der Waals surface area contributed by atoms with E-state index in [1.165, 1.54) is 0 Å². The molecule has 10 nitrogen and oxygen atoms in total. The highest BCUT2D eigenvalue weighted by Gasteiger charge is 2.55. The van der Waals surface area contributed by atoms with E-state index in [4.69, 9.17) is 9.47 Å². The van der Waals surface area contributed by atoms with Crippen molar-refractivity contribution in [2.24, 2.45) is 0 Å². The zero-order chi connectivity index (χ0) is 32.6. The minimum absolute atomic E-state index is 0.152. The van der Waals surface area contributed by atoms with E-state index in [0.717, 1.165) is 11.4 Å². The first kappa shape index (κ1) is 30.8. The largest absolute Gasteiger partial charge is 0.449 e. The second-order valence-electron chi connectivity index (χ2n) is 10.8. The van der Waals surface area contributed by atoms with E-state index in [9.17, 15) is 19.2 Å². The zero-order valence-electron chi connectivity index (χ0n) is 25.2. The second-order valence-corrected chi connectivity index (χ2v) is 10.8. The number of ketones is 2. The SMILES string of the molecule is O=C(Nc1ccc(C2(c3ccc(NC(=O)OCCc4ccccn4)cc3)C(=O)c3ccccc3C2=O)cc1)OCCc1ccccn1. The molecule has 6 rings (SSSR count). The second kappa shape index (κ2) is 13.9. The minimum atomic E-state index is -1.66.